The molecule has 0 atom stereocenters. The number of rotatable bonds is 4. The maximum Gasteiger partial charge on any atom is 0.0561 e. The van der Waals surface area contributed by atoms with E-state index in [-0.39, 0.29) is 0 Å². The van der Waals surface area contributed by atoms with Gasteiger partial charge in [0.1, 0.15) is 0 Å². The van der Waals surface area contributed by atoms with Crippen molar-refractivity contribution in [3.05, 3.63) is 170 Å². The van der Waals surface area contributed by atoms with Crippen LogP contribution < -0.4 is 4.90 Å². The third-order valence-corrected chi connectivity index (χ3v) is 8.93. The lowest BCUT2D eigenvalue weighted by Gasteiger charge is -2.28. The molecule has 0 spiro atoms. The highest BCUT2D eigenvalue weighted by Gasteiger charge is 2.20. The lowest BCUT2D eigenvalue weighted by Crippen LogP contribution is -2.11. The zero-order valence-corrected chi connectivity index (χ0v) is 24.1. The van der Waals surface area contributed by atoms with Crippen molar-refractivity contribution in [1.29, 1.82) is 0 Å². The topological polar surface area (TPSA) is 8.17 Å². The molecule has 2 heteroatoms. The lowest BCUT2D eigenvalue weighted by molar-refractivity contribution is 1.18. The Bertz CT molecular complexity index is 2490. The van der Waals surface area contributed by atoms with Crippen LogP contribution in [-0.4, -0.2) is 4.57 Å². The van der Waals surface area contributed by atoms with Crippen molar-refractivity contribution >= 4 is 71.2 Å². The maximum absolute atomic E-state index is 2.43. The third-order valence-electron chi connectivity index (χ3n) is 8.93. The number of hydrogen-bond acceptors (Lipinski definition) is 1. The van der Waals surface area contributed by atoms with Crippen LogP contribution in [0.2, 0.25) is 0 Å². The van der Waals surface area contributed by atoms with Crippen LogP contribution in [-0.2, 0) is 0 Å². The smallest absolute Gasteiger partial charge is 0.0561 e. The molecule has 9 rings (SSSR count). The van der Waals surface area contributed by atoms with E-state index in [4.69, 9.17) is 0 Å². The molecule has 0 aliphatic carbocycles. The summed E-state index contributed by atoms with van der Waals surface area (Å²) in [6.45, 7) is 0. The Kier molecular flexibility index (Phi) is 5.54. The molecular weight excluding hydrogens is 532 g/mol. The van der Waals surface area contributed by atoms with E-state index in [1.807, 2.05) is 0 Å². The Hall–Kier alpha value is -5.86. The number of hydrogen-bond donors (Lipinski definition) is 0. The average Bonchev–Trinajstić information content (AvgIpc) is 3.43. The molecule has 206 valence electrons. The third kappa shape index (κ3) is 3.75. The van der Waals surface area contributed by atoms with Crippen LogP contribution in [0.4, 0.5) is 17.1 Å². The number of fused-ring (bicyclic) bond motifs is 8. The van der Waals surface area contributed by atoms with E-state index in [2.05, 4.69) is 179 Å². The summed E-state index contributed by atoms with van der Waals surface area (Å²) < 4.78 is 2.39. The Morgan fingerprint density at radius 1 is 0.341 bits per heavy atom. The normalized spacial score (nSPS) is 11.6. The molecule has 1 heterocycles. The summed E-state index contributed by atoms with van der Waals surface area (Å²) in [5.41, 5.74) is 6.96. The van der Waals surface area contributed by atoms with Crippen LogP contribution in [0.15, 0.2) is 170 Å². The Balaban J connectivity index is 1.39. The first-order valence-electron chi connectivity index (χ1n) is 15.1. The van der Waals surface area contributed by atoms with Gasteiger partial charge in [0.2, 0.25) is 0 Å². The summed E-state index contributed by atoms with van der Waals surface area (Å²) >= 11 is 0. The van der Waals surface area contributed by atoms with Crippen molar-refractivity contribution in [2.75, 3.05) is 4.90 Å². The van der Waals surface area contributed by atoms with Crippen LogP contribution in [0, 0.1) is 0 Å². The molecule has 0 unspecified atom stereocenters. The molecule has 0 aliphatic rings. The number of nitrogens with zero attached hydrogens (tertiary/aromatic N) is 2. The minimum Gasteiger partial charge on any atom is -0.310 e. The van der Waals surface area contributed by atoms with Gasteiger partial charge in [0.05, 0.1) is 16.7 Å². The summed E-state index contributed by atoms with van der Waals surface area (Å²) in [7, 11) is 0. The van der Waals surface area contributed by atoms with Gasteiger partial charge in [0, 0.05) is 33.2 Å². The molecule has 0 saturated carbocycles. The lowest BCUT2D eigenvalue weighted by atomic mass is 9.95. The first-order valence-corrected chi connectivity index (χ1v) is 15.1. The Labute approximate surface area is 255 Å². The van der Waals surface area contributed by atoms with Crippen molar-refractivity contribution < 1.29 is 0 Å². The SMILES string of the molecule is c1ccc(N(c2ccc3c4ccccc4n(-c4ccccc4)c3c2)c2cc3c4ccccc4ccc3c3ccccc23)cc1. The van der Waals surface area contributed by atoms with Crippen molar-refractivity contribution in [3.8, 4) is 5.69 Å². The van der Waals surface area contributed by atoms with Crippen LogP contribution in [0.1, 0.15) is 0 Å². The molecule has 0 amide bonds. The molecule has 0 N–H and O–H groups in total. The fourth-order valence-corrected chi connectivity index (χ4v) is 6.98. The van der Waals surface area contributed by atoms with Gasteiger partial charge < -0.3 is 9.47 Å². The van der Waals surface area contributed by atoms with E-state index in [0.29, 0.717) is 0 Å². The van der Waals surface area contributed by atoms with E-state index in [0.717, 1.165) is 22.7 Å². The molecule has 0 fully saturated rings. The quantitative estimate of drug-likeness (QED) is 0.194. The second-order valence-electron chi connectivity index (χ2n) is 11.4. The van der Waals surface area contributed by atoms with E-state index in [1.54, 1.807) is 0 Å². The molecule has 0 radical (unpaired) electrons. The van der Waals surface area contributed by atoms with Crippen molar-refractivity contribution in [3.63, 3.8) is 0 Å². The fourth-order valence-electron chi connectivity index (χ4n) is 6.98. The summed E-state index contributed by atoms with van der Waals surface area (Å²) in [4.78, 5) is 2.43. The standard InChI is InChI=1S/C42H28N2/c1-3-14-30(15-4-1)43(42-28-39-33-18-8-7-13-29(33)23-25-35(39)34-19-9-10-20-36(34)42)32-24-26-38-37-21-11-12-22-40(37)44(41(38)27-32)31-16-5-2-6-17-31/h1-28H. The van der Waals surface area contributed by atoms with Crippen molar-refractivity contribution in [2.45, 2.75) is 0 Å². The van der Waals surface area contributed by atoms with Gasteiger partial charge in [0.25, 0.3) is 0 Å². The van der Waals surface area contributed by atoms with Gasteiger partial charge in [-0.15, -0.1) is 0 Å². The highest BCUT2D eigenvalue weighted by Crippen LogP contribution is 2.44. The van der Waals surface area contributed by atoms with Crippen LogP contribution in [0.25, 0.3) is 59.8 Å². The molecule has 44 heavy (non-hydrogen) atoms. The summed E-state index contributed by atoms with van der Waals surface area (Å²) in [6.07, 6.45) is 0. The highest BCUT2D eigenvalue weighted by molar-refractivity contribution is 6.21. The minimum absolute atomic E-state index is 1.12. The zero-order valence-electron chi connectivity index (χ0n) is 24.1. The first kappa shape index (κ1) is 24.7. The zero-order chi connectivity index (χ0) is 29.0. The number of anilines is 3. The van der Waals surface area contributed by atoms with Gasteiger partial charge in [-0.05, 0) is 75.5 Å². The van der Waals surface area contributed by atoms with Gasteiger partial charge in [-0.3, -0.25) is 0 Å². The van der Waals surface area contributed by atoms with Crippen LogP contribution in [0.3, 0.4) is 0 Å². The van der Waals surface area contributed by atoms with Crippen LogP contribution in [0.5, 0.6) is 0 Å². The number of benzene rings is 8. The monoisotopic (exact) mass is 560 g/mol. The van der Waals surface area contributed by atoms with Gasteiger partial charge in [-0.1, -0.05) is 121 Å². The Morgan fingerprint density at radius 3 is 1.75 bits per heavy atom. The molecular formula is C42H28N2. The molecule has 0 bridgehead atoms. The number of aromatic nitrogens is 1. The van der Waals surface area contributed by atoms with E-state index >= 15 is 0 Å². The average molecular weight is 561 g/mol. The summed E-state index contributed by atoms with van der Waals surface area (Å²) in [6, 6.07) is 61.5. The first-order chi connectivity index (χ1) is 21.8. The predicted molar refractivity (Wildman–Crippen MR) is 188 cm³/mol. The molecule has 0 saturated heterocycles. The largest absolute Gasteiger partial charge is 0.310 e. The van der Waals surface area contributed by atoms with Crippen molar-refractivity contribution in [2.24, 2.45) is 0 Å². The van der Waals surface area contributed by atoms with Gasteiger partial charge >= 0.3 is 0 Å². The second-order valence-corrected chi connectivity index (χ2v) is 11.4. The summed E-state index contributed by atoms with van der Waals surface area (Å²) in [5.74, 6) is 0. The molecule has 8 aromatic carbocycles. The molecule has 9 aromatic rings. The van der Waals surface area contributed by atoms with Gasteiger partial charge in [-0.25, -0.2) is 0 Å². The van der Waals surface area contributed by atoms with Crippen molar-refractivity contribution in [1.82, 2.24) is 4.57 Å². The highest BCUT2D eigenvalue weighted by atomic mass is 15.1. The maximum atomic E-state index is 2.43. The Morgan fingerprint density at radius 2 is 0.932 bits per heavy atom. The van der Waals surface area contributed by atoms with E-state index in [1.165, 1.54) is 54.1 Å². The van der Waals surface area contributed by atoms with Gasteiger partial charge in [-0.2, -0.15) is 0 Å². The van der Waals surface area contributed by atoms with Gasteiger partial charge in [0.15, 0.2) is 0 Å². The predicted octanol–water partition coefficient (Wildman–Crippen LogP) is 11.7. The fraction of sp³-hybridized carbons (Fsp3) is 0. The minimum atomic E-state index is 1.12. The van der Waals surface area contributed by atoms with Crippen LogP contribution >= 0.6 is 0 Å². The molecule has 0 aliphatic heterocycles. The van der Waals surface area contributed by atoms with E-state index in [9.17, 15) is 0 Å². The second kappa shape index (κ2) is 9.86. The molecule has 1 aromatic heterocycles. The van der Waals surface area contributed by atoms with E-state index < -0.39 is 0 Å². The number of para-hydroxylation sites is 3. The summed E-state index contributed by atoms with van der Waals surface area (Å²) in [5, 5.41) is 10.0. The molecule has 2 nitrogen and oxygen atoms in total.